The lowest BCUT2D eigenvalue weighted by molar-refractivity contribution is -0.122. The van der Waals surface area contributed by atoms with Crippen molar-refractivity contribution in [2.45, 2.75) is 25.9 Å². The summed E-state index contributed by atoms with van der Waals surface area (Å²) < 4.78 is 26.2. The fourth-order valence-corrected chi connectivity index (χ4v) is 4.93. The molecule has 0 aromatic heterocycles. The highest BCUT2D eigenvalue weighted by atomic mass is 35.5. The number of nitrogens with zero attached hydrogens (tertiary/aromatic N) is 1. The van der Waals surface area contributed by atoms with Crippen LogP contribution in [-0.2, 0) is 21.4 Å². The van der Waals surface area contributed by atoms with E-state index in [2.05, 4.69) is 5.32 Å². The number of halogens is 2. The van der Waals surface area contributed by atoms with Crippen LogP contribution in [0, 0.1) is 0 Å². The van der Waals surface area contributed by atoms with E-state index in [1.165, 1.54) is 18.2 Å². The van der Waals surface area contributed by atoms with Gasteiger partial charge in [-0.2, -0.15) is 0 Å². The largest absolute Gasteiger partial charge is 0.350 e. The molecular weight excluding hydrogens is 443 g/mol. The predicted octanol–water partition coefficient (Wildman–Crippen LogP) is 5.01. The second kappa shape index (κ2) is 9.25. The topological polar surface area (TPSA) is 66.5 Å². The average Bonchev–Trinajstić information content (AvgIpc) is 2.71. The third-order valence-corrected chi connectivity index (χ3v) is 6.74. The fourth-order valence-electron chi connectivity index (χ4n) is 3.43. The Morgan fingerprint density at radius 3 is 2.40 bits per heavy atom. The molecule has 5 nitrogen and oxygen atoms in total. The molecule has 0 saturated carbocycles. The van der Waals surface area contributed by atoms with Crippen molar-refractivity contribution in [1.29, 1.82) is 0 Å². The molecule has 3 rings (SSSR count). The number of benzene rings is 3. The summed E-state index contributed by atoms with van der Waals surface area (Å²) in [6, 6.07) is 17.4. The highest BCUT2D eigenvalue weighted by molar-refractivity contribution is 7.92. The zero-order chi connectivity index (χ0) is 21.9. The lowest BCUT2D eigenvalue weighted by atomic mass is 10.0. The molecule has 0 fully saturated rings. The maximum Gasteiger partial charge on any atom is 0.244 e. The summed E-state index contributed by atoms with van der Waals surface area (Å²) in [7, 11) is -3.75. The van der Waals surface area contributed by atoms with E-state index in [0.717, 1.165) is 26.9 Å². The van der Waals surface area contributed by atoms with Gasteiger partial charge < -0.3 is 5.32 Å². The molecule has 0 aliphatic carbocycles. The summed E-state index contributed by atoms with van der Waals surface area (Å²) >= 11 is 12.0. The van der Waals surface area contributed by atoms with Gasteiger partial charge in [-0.25, -0.2) is 8.42 Å². The molecule has 3 aromatic rings. The number of anilines is 1. The molecule has 1 amide bonds. The van der Waals surface area contributed by atoms with Gasteiger partial charge in [0, 0.05) is 6.54 Å². The van der Waals surface area contributed by atoms with Crippen LogP contribution in [0.3, 0.4) is 0 Å². The zero-order valence-corrected chi connectivity index (χ0v) is 18.9. The van der Waals surface area contributed by atoms with Crippen molar-refractivity contribution in [3.63, 3.8) is 0 Å². The Balaban J connectivity index is 1.88. The SMILES string of the molecule is CCC(C(=O)NCc1cccc2ccccc12)N(c1ccc(Cl)c(Cl)c1)S(C)(=O)=O. The van der Waals surface area contributed by atoms with E-state index in [4.69, 9.17) is 23.2 Å². The van der Waals surface area contributed by atoms with Crippen molar-refractivity contribution in [2.75, 3.05) is 10.6 Å². The number of amides is 1. The molecule has 0 spiro atoms. The first-order valence-electron chi connectivity index (χ1n) is 9.41. The van der Waals surface area contributed by atoms with Crippen LogP contribution >= 0.6 is 23.2 Å². The summed E-state index contributed by atoms with van der Waals surface area (Å²) in [5.41, 5.74) is 1.25. The number of rotatable bonds is 7. The van der Waals surface area contributed by atoms with E-state index in [-0.39, 0.29) is 23.9 Å². The Labute approximate surface area is 186 Å². The summed E-state index contributed by atoms with van der Waals surface area (Å²) in [4.78, 5) is 13.0. The Bertz CT molecular complexity index is 1180. The van der Waals surface area contributed by atoms with E-state index >= 15 is 0 Å². The van der Waals surface area contributed by atoms with Gasteiger partial charge in [-0.1, -0.05) is 72.6 Å². The van der Waals surface area contributed by atoms with E-state index < -0.39 is 16.1 Å². The third kappa shape index (κ3) is 4.89. The quantitative estimate of drug-likeness (QED) is 0.534. The molecule has 1 atom stereocenters. The van der Waals surface area contributed by atoms with Crippen LogP contribution in [0.15, 0.2) is 60.7 Å². The van der Waals surface area contributed by atoms with Gasteiger partial charge in [0.05, 0.1) is 22.0 Å². The molecule has 1 N–H and O–H groups in total. The molecule has 3 aromatic carbocycles. The Kier molecular flexibility index (Phi) is 6.91. The first-order valence-corrected chi connectivity index (χ1v) is 12.0. The van der Waals surface area contributed by atoms with Crippen molar-refractivity contribution in [1.82, 2.24) is 5.32 Å². The van der Waals surface area contributed by atoms with Crippen molar-refractivity contribution in [2.24, 2.45) is 0 Å². The van der Waals surface area contributed by atoms with Gasteiger partial charge >= 0.3 is 0 Å². The first-order chi connectivity index (χ1) is 14.2. The Morgan fingerprint density at radius 1 is 1.03 bits per heavy atom. The minimum Gasteiger partial charge on any atom is -0.350 e. The number of carbonyl (C=O) groups is 1. The molecule has 0 radical (unpaired) electrons. The highest BCUT2D eigenvalue weighted by Gasteiger charge is 2.31. The van der Waals surface area contributed by atoms with Gasteiger partial charge in [-0.3, -0.25) is 9.10 Å². The van der Waals surface area contributed by atoms with Gasteiger partial charge in [-0.15, -0.1) is 0 Å². The van der Waals surface area contributed by atoms with Crippen molar-refractivity contribution in [3.05, 3.63) is 76.3 Å². The van der Waals surface area contributed by atoms with Crippen LogP contribution in [0.5, 0.6) is 0 Å². The smallest absolute Gasteiger partial charge is 0.244 e. The van der Waals surface area contributed by atoms with Gasteiger partial charge in [0.1, 0.15) is 6.04 Å². The molecule has 0 saturated heterocycles. The maximum atomic E-state index is 13.0. The lowest BCUT2D eigenvalue weighted by Crippen LogP contribution is -2.49. The van der Waals surface area contributed by atoms with Crippen LogP contribution in [0.25, 0.3) is 10.8 Å². The summed E-state index contributed by atoms with van der Waals surface area (Å²) in [6.45, 7) is 2.05. The van der Waals surface area contributed by atoms with Crippen LogP contribution in [0.1, 0.15) is 18.9 Å². The number of nitrogens with one attached hydrogen (secondary N) is 1. The molecule has 158 valence electrons. The normalized spacial score (nSPS) is 12.5. The van der Waals surface area contributed by atoms with Crippen LogP contribution < -0.4 is 9.62 Å². The standard InChI is InChI=1S/C22H22Cl2N2O3S/c1-3-21(26(30(2,28)29)17-11-12-19(23)20(24)13-17)22(27)25-14-16-9-6-8-15-7-4-5-10-18(15)16/h4-13,21H,3,14H2,1-2H3,(H,25,27). The maximum absolute atomic E-state index is 13.0. The average molecular weight is 465 g/mol. The van der Waals surface area contributed by atoms with Crippen molar-refractivity contribution < 1.29 is 13.2 Å². The van der Waals surface area contributed by atoms with E-state index in [1.54, 1.807) is 6.92 Å². The Hall–Kier alpha value is -2.28. The molecule has 0 aliphatic rings. The number of hydrogen-bond donors (Lipinski definition) is 1. The van der Waals surface area contributed by atoms with E-state index in [0.29, 0.717) is 10.7 Å². The molecule has 1 unspecified atom stereocenters. The van der Waals surface area contributed by atoms with Crippen LogP contribution in [0.2, 0.25) is 10.0 Å². The molecule has 8 heteroatoms. The highest BCUT2D eigenvalue weighted by Crippen LogP contribution is 2.30. The number of fused-ring (bicyclic) bond motifs is 1. The lowest BCUT2D eigenvalue weighted by Gasteiger charge is -2.30. The molecular formula is C22H22Cl2N2O3S. The number of carbonyl (C=O) groups excluding carboxylic acids is 1. The van der Waals surface area contributed by atoms with Gasteiger partial charge in [-0.05, 0) is 41.0 Å². The second-order valence-corrected chi connectivity index (χ2v) is 9.61. The third-order valence-electron chi connectivity index (χ3n) is 4.82. The fraction of sp³-hybridized carbons (Fsp3) is 0.227. The first kappa shape index (κ1) is 22.4. The van der Waals surface area contributed by atoms with E-state index in [1.807, 2.05) is 42.5 Å². The summed E-state index contributed by atoms with van der Waals surface area (Å²) in [6.07, 6.45) is 1.35. The summed E-state index contributed by atoms with van der Waals surface area (Å²) in [5.74, 6) is -0.387. The van der Waals surface area contributed by atoms with Crippen LogP contribution in [-0.4, -0.2) is 26.6 Å². The van der Waals surface area contributed by atoms with Crippen molar-refractivity contribution >= 4 is 55.6 Å². The molecule has 0 aliphatic heterocycles. The second-order valence-electron chi connectivity index (χ2n) is 6.94. The van der Waals surface area contributed by atoms with Gasteiger partial charge in [0.25, 0.3) is 0 Å². The minimum atomic E-state index is -3.75. The summed E-state index contributed by atoms with van der Waals surface area (Å²) in [5, 5.41) is 5.52. The van der Waals surface area contributed by atoms with Crippen molar-refractivity contribution in [3.8, 4) is 0 Å². The van der Waals surface area contributed by atoms with Gasteiger partial charge in [0.2, 0.25) is 15.9 Å². The van der Waals surface area contributed by atoms with E-state index in [9.17, 15) is 13.2 Å². The minimum absolute atomic E-state index is 0.217. The molecule has 30 heavy (non-hydrogen) atoms. The number of hydrogen-bond acceptors (Lipinski definition) is 3. The zero-order valence-electron chi connectivity index (χ0n) is 16.6. The molecule has 0 heterocycles. The Morgan fingerprint density at radius 2 is 1.73 bits per heavy atom. The predicted molar refractivity (Wildman–Crippen MR) is 124 cm³/mol. The monoisotopic (exact) mass is 464 g/mol. The number of sulfonamides is 1. The molecule has 0 bridgehead atoms. The van der Waals surface area contributed by atoms with Gasteiger partial charge in [0.15, 0.2) is 0 Å². The van der Waals surface area contributed by atoms with Crippen LogP contribution in [0.4, 0.5) is 5.69 Å².